The van der Waals surface area contributed by atoms with E-state index >= 15 is 0 Å². The topological polar surface area (TPSA) is 103 Å². The molecule has 9 heteroatoms. The molecule has 2 aromatic rings. The molecular formula is C16H19N3O5S. The maximum atomic E-state index is 12.3. The van der Waals surface area contributed by atoms with Crippen molar-refractivity contribution in [1.82, 2.24) is 15.0 Å². The molecule has 0 aliphatic carbocycles. The molecule has 1 fully saturated rings. The summed E-state index contributed by atoms with van der Waals surface area (Å²) in [6.07, 6.45) is 0.404. The van der Waals surface area contributed by atoms with Crippen LogP contribution in [0.5, 0.6) is 5.75 Å². The zero-order valence-corrected chi connectivity index (χ0v) is 14.8. The quantitative estimate of drug-likeness (QED) is 0.776. The second kappa shape index (κ2) is 6.83. The fraction of sp³-hybridized carbons (Fsp3) is 0.438. The van der Waals surface area contributed by atoms with E-state index in [1.54, 1.807) is 38.4 Å². The van der Waals surface area contributed by atoms with Crippen molar-refractivity contribution < 1.29 is 22.5 Å². The summed E-state index contributed by atoms with van der Waals surface area (Å²) in [6.45, 7) is 0. The van der Waals surface area contributed by atoms with Gasteiger partial charge in [-0.2, -0.15) is 4.98 Å². The molecule has 1 aliphatic rings. The van der Waals surface area contributed by atoms with Gasteiger partial charge in [0.15, 0.2) is 9.84 Å². The van der Waals surface area contributed by atoms with Gasteiger partial charge < -0.3 is 14.2 Å². The van der Waals surface area contributed by atoms with Gasteiger partial charge in [0.2, 0.25) is 17.6 Å². The van der Waals surface area contributed by atoms with Crippen LogP contribution in [0.4, 0.5) is 0 Å². The van der Waals surface area contributed by atoms with Crippen LogP contribution >= 0.6 is 0 Å². The molecule has 0 radical (unpaired) electrons. The highest BCUT2D eigenvalue weighted by atomic mass is 32.2. The summed E-state index contributed by atoms with van der Waals surface area (Å²) in [5.41, 5.74) is 0.749. The summed E-state index contributed by atoms with van der Waals surface area (Å²) in [5, 5.41) is 3.88. The first-order valence-corrected chi connectivity index (χ1v) is 9.63. The van der Waals surface area contributed by atoms with Crippen LogP contribution in [-0.4, -0.2) is 61.1 Å². The number of ether oxygens (including phenoxy) is 1. The number of methoxy groups -OCH3 is 1. The fourth-order valence-electron chi connectivity index (χ4n) is 2.72. The molecule has 1 saturated heterocycles. The van der Waals surface area contributed by atoms with Gasteiger partial charge in [-0.3, -0.25) is 4.79 Å². The first-order valence-electron chi connectivity index (χ1n) is 7.81. The number of aromatic nitrogens is 2. The summed E-state index contributed by atoms with van der Waals surface area (Å²) in [7, 11) is 0.148. The van der Waals surface area contributed by atoms with E-state index in [-0.39, 0.29) is 35.8 Å². The van der Waals surface area contributed by atoms with Gasteiger partial charge in [0.05, 0.1) is 18.6 Å². The van der Waals surface area contributed by atoms with Crippen LogP contribution in [0.15, 0.2) is 28.8 Å². The van der Waals surface area contributed by atoms with Gasteiger partial charge in [-0.05, 0) is 30.7 Å². The Bertz CT molecular complexity index is 860. The van der Waals surface area contributed by atoms with Gasteiger partial charge >= 0.3 is 0 Å². The Balaban J connectivity index is 1.65. The van der Waals surface area contributed by atoms with E-state index in [9.17, 15) is 13.2 Å². The lowest BCUT2D eigenvalue weighted by atomic mass is 10.2. The number of carbonyl (C=O) groups excluding carboxylic acids is 1. The molecule has 1 aromatic heterocycles. The third-order valence-electron chi connectivity index (χ3n) is 4.27. The summed E-state index contributed by atoms with van der Waals surface area (Å²) < 4.78 is 33.3. The minimum Gasteiger partial charge on any atom is -0.497 e. The van der Waals surface area contributed by atoms with Crippen molar-refractivity contribution >= 4 is 15.7 Å². The van der Waals surface area contributed by atoms with Crippen molar-refractivity contribution in [1.29, 1.82) is 0 Å². The molecular weight excluding hydrogens is 346 g/mol. The lowest BCUT2D eigenvalue weighted by Crippen LogP contribution is -2.38. The number of carbonyl (C=O) groups is 1. The number of sulfone groups is 1. The van der Waals surface area contributed by atoms with Crippen LogP contribution in [0.3, 0.4) is 0 Å². The Labute approximate surface area is 145 Å². The first-order chi connectivity index (χ1) is 11.9. The summed E-state index contributed by atoms with van der Waals surface area (Å²) in [6, 6.07) is 6.87. The molecule has 1 unspecified atom stereocenters. The van der Waals surface area contributed by atoms with Gasteiger partial charge in [-0.25, -0.2) is 8.42 Å². The highest BCUT2D eigenvalue weighted by molar-refractivity contribution is 7.91. The van der Waals surface area contributed by atoms with E-state index in [0.29, 0.717) is 12.2 Å². The summed E-state index contributed by atoms with van der Waals surface area (Å²) in [5.74, 6) is 1.19. The molecule has 134 valence electrons. The van der Waals surface area contributed by atoms with Crippen LogP contribution in [0.2, 0.25) is 0 Å². The Morgan fingerprint density at radius 1 is 1.36 bits per heavy atom. The van der Waals surface area contributed by atoms with E-state index in [1.165, 1.54) is 4.90 Å². The Kier molecular flexibility index (Phi) is 4.76. The molecule has 0 spiro atoms. The zero-order valence-electron chi connectivity index (χ0n) is 14.0. The third kappa shape index (κ3) is 3.98. The average molecular weight is 365 g/mol. The number of rotatable bonds is 5. The van der Waals surface area contributed by atoms with E-state index in [0.717, 1.165) is 11.3 Å². The van der Waals surface area contributed by atoms with Gasteiger partial charge in [0, 0.05) is 18.7 Å². The fourth-order valence-corrected chi connectivity index (χ4v) is 4.50. The molecule has 3 rings (SSSR count). The predicted octanol–water partition coefficient (Wildman–Crippen LogP) is 0.933. The largest absolute Gasteiger partial charge is 0.497 e. The Hall–Kier alpha value is -2.42. The van der Waals surface area contributed by atoms with Crippen molar-refractivity contribution in [2.75, 3.05) is 25.7 Å². The third-order valence-corrected chi connectivity index (χ3v) is 6.02. The van der Waals surface area contributed by atoms with Crippen LogP contribution in [-0.2, 0) is 21.1 Å². The molecule has 1 amide bonds. The first kappa shape index (κ1) is 17.4. The lowest BCUT2D eigenvalue weighted by molar-refractivity contribution is -0.131. The molecule has 0 saturated carbocycles. The molecule has 0 bridgehead atoms. The Morgan fingerprint density at radius 2 is 2.08 bits per heavy atom. The average Bonchev–Trinajstić information content (AvgIpc) is 3.20. The summed E-state index contributed by atoms with van der Waals surface area (Å²) >= 11 is 0. The highest BCUT2D eigenvalue weighted by Gasteiger charge is 2.33. The van der Waals surface area contributed by atoms with Gasteiger partial charge in [-0.1, -0.05) is 5.16 Å². The molecule has 8 nitrogen and oxygen atoms in total. The minimum atomic E-state index is -3.04. The van der Waals surface area contributed by atoms with E-state index < -0.39 is 9.84 Å². The standard InChI is InChI=1S/C16H19N3O5S/c1-19(12-7-8-25(21,22)10-12)15(20)9-14-17-16(18-24-14)11-3-5-13(23-2)6-4-11/h3-6,12H,7-10H2,1-2H3. The monoisotopic (exact) mass is 365 g/mol. The SMILES string of the molecule is COc1ccc(-c2noc(CC(=O)N(C)C3CCS(=O)(=O)C3)n2)cc1. The smallest absolute Gasteiger partial charge is 0.236 e. The molecule has 1 aromatic carbocycles. The van der Waals surface area contributed by atoms with Crippen LogP contribution in [0.25, 0.3) is 11.4 Å². The van der Waals surface area contributed by atoms with Crippen LogP contribution < -0.4 is 4.74 Å². The second-order valence-corrected chi connectivity index (χ2v) is 8.21. The maximum absolute atomic E-state index is 12.3. The van der Waals surface area contributed by atoms with Crippen molar-refractivity contribution in [2.24, 2.45) is 0 Å². The van der Waals surface area contributed by atoms with E-state index in [1.807, 2.05) is 0 Å². The van der Waals surface area contributed by atoms with E-state index in [2.05, 4.69) is 10.1 Å². The van der Waals surface area contributed by atoms with Crippen molar-refractivity contribution in [3.63, 3.8) is 0 Å². The van der Waals surface area contributed by atoms with E-state index in [4.69, 9.17) is 9.26 Å². The minimum absolute atomic E-state index is 0.0101. The molecule has 2 heterocycles. The Morgan fingerprint density at radius 3 is 2.68 bits per heavy atom. The molecule has 0 N–H and O–H groups in total. The number of hydrogen-bond acceptors (Lipinski definition) is 7. The van der Waals surface area contributed by atoms with Gasteiger partial charge in [0.1, 0.15) is 12.2 Å². The summed E-state index contributed by atoms with van der Waals surface area (Å²) in [4.78, 5) is 18.0. The van der Waals surface area contributed by atoms with Crippen LogP contribution in [0.1, 0.15) is 12.3 Å². The predicted molar refractivity (Wildman–Crippen MR) is 89.8 cm³/mol. The van der Waals surface area contributed by atoms with Crippen LogP contribution in [0, 0.1) is 0 Å². The number of hydrogen-bond donors (Lipinski definition) is 0. The second-order valence-electron chi connectivity index (χ2n) is 5.98. The number of amides is 1. The van der Waals surface area contributed by atoms with Gasteiger partial charge in [-0.15, -0.1) is 0 Å². The van der Waals surface area contributed by atoms with Crippen molar-refractivity contribution in [3.05, 3.63) is 30.2 Å². The molecule has 1 atom stereocenters. The van der Waals surface area contributed by atoms with Gasteiger partial charge in [0.25, 0.3) is 0 Å². The lowest BCUT2D eigenvalue weighted by Gasteiger charge is -2.22. The van der Waals surface area contributed by atoms with Crippen molar-refractivity contribution in [2.45, 2.75) is 18.9 Å². The molecule has 1 aliphatic heterocycles. The van der Waals surface area contributed by atoms with Crippen molar-refractivity contribution in [3.8, 4) is 17.1 Å². The zero-order chi connectivity index (χ0) is 18.0. The highest BCUT2D eigenvalue weighted by Crippen LogP contribution is 2.21. The maximum Gasteiger partial charge on any atom is 0.236 e. The number of nitrogens with zero attached hydrogens (tertiary/aromatic N) is 3. The normalized spacial score (nSPS) is 18.9. The molecule has 25 heavy (non-hydrogen) atoms. The number of benzene rings is 1. The number of likely N-dealkylation sites (N-methyl/N-ethyl adjacent to an activating group) is 1.